The molecule has 4 aliphatic rings. The molecule has 0 aromatic heterocycles. The van der Waals surface area contributed by atoms with Crippen LogP contribution < -0.4 is 44.1 Å². The maximum atomic E-state index is 13.7. The number of carbonyl (C=O) groups is 3. The van der Waals surface area contributed by atoms with Crippen LogP contribution in [0.5, 0.6) is 11.5 Å². The van der Waals surface area contributed by atoms with Gasteiger partial charge in [-0.3, -0.25) is 9.59 Å². The number of aromatic carboxylic acids is 1. The Bertz CT molecular complexity index is 1230. The molecular formula is C38H55NaO6. The zero-order valence-corrected chi connectivity index (χ0v) is 31.0. The number of ether oxygens (including phenoxy) is 2. The summed E-state index contributed by atoms with van der Waals surface area (Å²) in [7, 11) is 0. The van der Waals surface area contributed by atoms with Gasteiger partial charge in [0.2, 0.25) is 0 Å². The van der Waals surface area contributed by atoms with Crippen molar-refractivity contribution >= 4 is 17.9 Å². The molecule has 1 aromatic carbocycles. The number of benzene rings is 1. The second kappa shape index (κ2) is 14.8. The minimum Gasteiger partial charge on any atom is -0.545 e. The van der Waals surface area contributed by atoms with E-state index in [0.717, 1.165) is 24.7 Å². The Morgan fingerprint density at radius 3 is 2.38 bits per heavy atom. The van der Waals surface area contributed by atoms with Crippen LogP contribution in [0.1, 0.15) is 135 Å². The molecule has 0 spiro atoms. The maximum absolute atomic E-state index is 13.7. The fourth-order valence-electron chi connectivity index (χ4n) is 11.3. The molecule has 244 valence electrons. The van der Waals surface area contributed by atoms with Gasteiger partial charge in [-0.2, -0.15) is 0 Å². The minimum absolute atomic E-state index is 0. The van der Waals surface area contributed by atoms with Crippen molar-refractivity contribution in [3.63, 3.8) is 0 Å². The molecule has 0 heterocycles. The Hall–Kier alpha value is -1.37. The van der Waals surface area contributed by atoms with Crippen molar-refractivity contribution in [2.75, 3.05) is 0 Å². The van der Waals surface area contributed by atoms with E-state index in [1.807, 2.05) is 0 Å². The van der Waals surface area contributed by atoms with Gasteiger partial charge < -0.3 is 19.4 Å². The Morgan fingerprint density at radius 2 is 1.69 bits per heavy atom. The van der Waals surface area contributed by atoms with Crippen LogP contribution in [0.25, 0.3) is 0 Å². The molecule has 0 amide bonds. The molecule has 0 saturated heterocycles. The molecule has 0 radical (unpaired) electrons. The van der Waals surface area contributed by atoms with E-state index in [2.05, 4.69) is 34.6 Å². The van der Waals surface area contributed by atoms with Crippen molar-refractivity contribution in [2.24, 2.45) is 58.2 Å². The van der Waals surface area contributed by atoms with Crippen molar-refractivity contribution < 1.29 is 58.5 Å². The largest absolute Gasteiger partial charge is 1.00 e. The first-order valence-electron chi connectivity index (χ1n) is 17.6. The summed E-state index contributed by atoms with van der Waals surface area (Å²) in [6.45, 7) is 13.4. The number of fused-ring (bicyclic) bond motifs is 5. The summed E-state index contributed by atoms with van der Waals surface area (Å²) in [6, 6.07) is 4.22. The van der Waals surface area contributed by atoms with Gasteiger partial charge >= 0.3 is 41.5 Å². The molecule has 6 nitrogen and oxygen atoms in total. The minimum atomic E-state index is -1.48. The number of hydrogen-bond donors (Lipinski definition) is 0. The predicted octanol–water partition coefficient (Wildman–Crippen LogP) is 5.01. The van der Waals surface area contributed by atoms with Crippen LogP contribution in [0.15, 0.2) is 18.2 Å². The quantitative estimate of drug-likeness (QED) is 0.205. The number of para-hydroxylation sites is 1. The van der Waals surface area contributed by atoms with Crippen LogP contribution in [-0.2, 0) is 9.59 Å². The first kappa shape index (κ1) is 36.5. The van der Waals surface area contributed by atoms with E-state index in [9.17, 15) is 19.5 Å². The summed E-state index contributed by atoms with van der Waals surface area (Å²) in [5.74, 6) is 1.87. The van der Waals surface area contributed by atoms with Gasteiger partial charge in [-0.25, -0.2) is 0 Å². The summed E-state index contributed by atoms with van der Waals surface area (Å²) in [6.07, 6.45) is 15.6. The molecule has 4 fully saturated rings. The summed E-state index contributed by atoms with van der Waals surface area (Å²) in [5, 5.41) is 11.9. The number of carboxylic acids is 1. The van der Waals surface area contributed by atoms with Gasteiger partial charge in [0.25, 0.3) is 0 Å². The third kappa shape index (κ3) is 7.38. The molecular weight excluding hydrogens is 575 g/mol. The van der Waals surface area contributed by atoms with Gasteiger partial charge in [-0.15, -0.1) is 0 Å². The van der Waals surface area contributed by atoms with Crippen LogP contribution in [0.4, 0.5) is 0 Å². The smallest absolute Gasteiger partial charge is 0.545 e. The normalized spacial score (nSPS) is 34.5. The second-order valence-corrected chi connectivity index (χ2v) is 16.0. The molecule has 2 unspecified atom stereocenters. The molecule has 5 rings (SSSR count). The first-order chi connectivity index (χ1) is 20.8. The number of hydrogen-bond acceptors (Lipinski definition) is 6. The van der Waals surface area contributed by atoms with Gasteiger partial charge in [0, 0.05) is 18.9 Å². The van der Waals surface area contributed by atoms with Crippen LogP contribution in [0.2, 0.25) is 0 Å². The predicted molar refractivity (Wildman–Crippen MR) is 169 cm³/mol. The zero-order chi connectivity index (χ0) is 31.8. The van der Waals surface area contributed by atoms with Gasteiger partial charge in [-0.1, -0.05) is 72.8 Å². The second-order valence-electron chi connectivity index (χ2n) is 16.0. The third-order valence-corrected chi connectivity index (χ3v) is 13.0. The van der Waals surface area contributed by atoms with E-state index in [0.29, 0.717) is 35.0 Å². The van der Waals surface area contributed by atoms with Crippen LogP contribution in [0, 0.1) is 58.2 Å². The van der Waals surface area contributed by atoms with E-state index in [1.165, 1.54) is 89.3 Å². The standard InChI is InChI=1S/C38H56O6.Na/c1-23(2)11-9-12-24(3)34-26(22-33(40)44-35-29(36(41)42)14-10-15-32(35)43-25(4)39)21-31-28-17-16-27-13-7-8-19-37(27,5)30(28)18-20-38(31,34)6;/h10,14-15,23-24,26-28,30-31,34H,7-9,11-13,16-22H2,1-6H3,(H,41,42);/q;+1/p-1/t24-,26?,27?,28-,30+,31+,34+,37+,38+;/m1./s1. The third-order valence-electron chi connectivity index (χ3n) is 13.0. The van der Waals surface area contributed by atoms with Crippen molar-refractivity contribution in [2.45, 2.75) is 125 Å². The monoisotopic (exact) mass is 630 g/mol. The Morgan fingerprint density at radius 1 is 0.933 bits per heavy atom. The van der Waals surface area contributed by atoms with E-state index < -0.39 is 17.9 Å². The molecule has 45 heavy (non-hydrogen) atoms. The Labute approximate surface area is 293 Å². The van der Waals surface area contributed by atoms with Gasteiger partial charge in [0.05, 0.1) is 5.97 Å². The number of carbonyl (C=O) groups excluding carboxylic acids is 3. The molecule has 9 atom stereocenters. The number of rotatable bonds is 10. The van der Waals surface area contributed by atoms with Crippen molar-refractivity contribution in [1.82, 2.24) is 0 Å². The Balaban J connectivity index is 0.00000461. The molecule has 4 saturated carbocycles. The molecule has 0 aliphatic heterocycles. The van der Waals surface area contributed by atoms with E-state index >= 15 is 0 Å². The topological polar surface area (TPSA) is 92.7 Å². The average molecular weight is 631 g/mol. The van der Waals surface area contributed by atoms with E-state index in [4.69, 9.17) is 9.47 Å². The zero-order valence-electron chi connectivity index (χ0n) is 29.0. The van der Waals surface area contributed by atoms with Gasteiger partial charge in [0.15, 0.2) is 11.5 Å². The number of carboxylic acid groups (broad SMARTS) is 1. The van der Waals surface area contributed by atoms with Crippen molar-refractivity contribution in [1.29, 1.82) is 0 Å². The van der Waals surface area contributed by atoms with Gasteiger partial charge in [-0.05, 0) is 115 Å². The maximum Gasteiger partial charge on any atom is 1.00 e. The van der Waals surface area contributed by atoms with E-state index in [-0.39, 0.29) is 64.4 Å². The number of esters is 2. The molecule has 7 heteroatoms. The SMILES string of the molecule is CC(=O)Oc1cccc(C(=O)[O-])c1OC(=O)CC1C[C@H]2[C@@H]3CCC4CCCC[C@]4(C)[C@H]3CC[C@]2(C)[C@H]1[C@H](C)CCCC(C)C.[Na+]. The van der Waals surface area contributed by atoms with Gasteiger partial charge in [0.1, 0.15) is 0 Å². The summed E-state index contributed by atoms with van der Waals surface area (Å²) >= 11 is 0. The molecule has 0 N–H and O–H groups in total. The molecule has 0 bridgehead atoms. The first-order valence-corrected chi connectivity index (χ1v) is 17.6. The molecule has 1 aromatic rings. The van der Waals surface area contributed by atoms with Crippen molar-refractivity contribution in [3.05, 3.63) is 23.8 Å². The average Bonchev–Trinajstić information content (AvgIpc) is 3.24. The fraction of sp³-hybridized carbons (Fsp3) is 0.763. The van der Waals surface area contributed by atoms with Crippen LogP contribution in [-0.4, -0.2) is 17.9 Å². The Kier molecular flexibility index (Phi) is 12.0. The van der Waals surface area contributed by atoms with Crippen molar-refractivity contribution in [3.8, 4) is 11.5 Å². The van der Waals surface area contributed by atoms with E-state index in [1.54, 1.807) is 0 Å². The fourth-order valence-corrected chi connectivity index (χ4v) is 11.3. The summed E-state index contributed by atoms with van der Waals surface area (Å²) in [5.41, 5.74) is 0.357. The summed E-state index contributed by atoms with van der Waals surface area (Å²) < 4.78 is 11.0. The van der Waals surface area contributed by atoms with Crippen LogP contribution >= 0.6 is 0 Å². The van der Waals surface area contributed by atoms with Crippen LogP contribution in [0.3, 0.4) is 0 Å². The molecule has 4 aliphatic carbocycles. The summed E-state index contributed by atoms with van der Waals surface area (Å²) in [4.78, 5) is 37.4.